The van der Waals surface area contributed by atoms with Crippen LogP contribution in [0.15, 0.2) is 72.9 Å². The smallest absolute Gasteiger partial charge is 0.269 e. The van der Waals surface area contributed by atoms with Crippen LogP contribution < -0.4 is 19.5 Å². The lowest BCUT2D eigenvalue weighted by molar-refractivity contribution is -0.125. The molecule has 1 atom stereocenters. The van der Waals surface area contributed by atoms with Gasteiger partial charge in [-0.15, -0.1) is 10.2 Å². The monoisotopic (exact) mass is 429 g/mol. The molecule has 1 aliphatic rings. The summed E-state index contributed by atoms with van der Waals surface area (Å²) in [6.07, 6.45) is 1.09. The molecule has 1 N–H and O–H groups in total. The maximum absolute atomic E-state index is 12.5. The van der Waals surface area contributed by atoms with E-state index in [0.29, 0.717) is 34.6 Å². The van der Waals surface area contributed by atoms with Gasteiger partial charge in [0.05, 0.1) is 5.69 Å². The summed E-state index contributed by atoms with van der Waals surface area (Å²) in [4.78, 5) is 12.5. The molecule has 160 valence electrons. The van der Waals surface area contributed by atoms with Crippen molar-refractivity contribution in [3.8, 4) is 28.9 Å². The van der Waals surface area contributed by atoms with E-state index in [0.717, 1.165) is 5.69 Å². The fourth-order valence-electron chi connectivity index (χ4n) is 3.13. The standard InChI is InChI=1S/C23H19N5O4/c1-15-12-13-28(27-15)21-10-11-22(26-25-21)31-17-8-6-16(7-9-17)24-23(29)20-14-30-18-4-2-3-5-19(18)32-20/h2-13,20H,14H2,1H3,(H,24,29). The molecule has 32 heavy (non-hydrogen) atoms. The highest BCUT2D eigenvalue weighted by molar-refractivity contribution is 5.94. The maximum Gasteiger partial charge on any atom is 0.269 e. The number of carbonyl (C=O) groups is 1. The minimum Gasteiger partial charge on any atom is -0.485 e. The maximum atomic E-state index is 12.5. The molecule has 0 spiro atoms. The normalized spacial score (nSPS) is 14.6. The van der Waals surface area contributed by atoms with E-state index in [2.05, 4.69) is 20.6 Å². The Balaban J connectivity index is 1.19. The summed E-state index contributed by atoms with van der Waals surface area (Å²) < 4.78 is 18.7. The van der Waals surface area contributed by atoms with Crippen LogP contribution in [0.4, 0.5) is 5.69 Å². The Morgan fingerprint density at radius 2 is 1.84 bits per heavy atom. The Bertz CT molecular complexity index is 1240. The first-order valence-electron chi connectivity index (χ1n) is 9.98. The molecule has 0 aliphatic carbocycles. The van der Waals surface area contributed by atoms with E-state index in [9.17, 15) is 4.79 Å². The summed E-state index contributed by atoms with van der Waals surface area (Å²) in [7, 11) is 0. The van der Waals surface area contributed by atoms with Gasteiger partial charge in [0, 0.05) is 18.0 Å². The summed E-state index contributed by atoms with van der Waals surface area (Å²) in [6, 6.07) is 19.6. The van der Waals surface area contributed by atoms with Gasteiger partial charge >= 0.3 is 0 Å². The van der Waals surface area contributed by atoms with Crippen molar-refractivity contribution in [1.29, 1.82) is 0 Å². The predicted molar refractivity (Wildman–Crippen MR) is 115 cm³/mol. The second-order valence-corrected chi connectivity index (χ2v) is 7.11. The van der Waals surface area contributed by atoms with E-state index < -0.39 is 6.10 Å². The lowest BCUT2D eigenvalue weighted by atomic mass is 10.2. The highest BCUT2D eigenvalue weighted by Gasteiger charge is 2.27. The van der Waals surface area contributed by atoms with Gasteiger partial charge in [-0.05, 0) is 55.5 Å². The molecule has 0 fully saturated rings. The molecular formula is C23H19N5O4. The van der Waals surface area contributed by atoms with Crippen LogP contribution in [0, 0.1) is 6.92 Å². The van der Waals surface area contributed by atoms with Crippen molar-refractivity contribution >= 4 is 11.6 Å². The molecule has 9 nitrogen and oxygen atoms in total. The molecule has 1 unspecified atom stereocenters. The zero-order chi connectivity index (χ0) is 21.9. The number of ether oxygens (including phenoxy) is 3. The number of aryl methyl sites for hydroxylation is 1. The van der Waals surface area contributed by atoms with E-state index in [4.69, 9.17) is 14.2 Å². The summed E-state index contributed by atoms with van der Waals surface area (Å²) in [6.45, 7) is 2.05. The molecule has 0 bridgehead atoms. The van der Waals surface area contributed by atoms with Crippen LogP contribution in [0.1, 0.15) is 5.69 Å². The summed E-state index contributed by atoms with van der Waals surface area (Å²) in [5, 5.41) is 15.3. The Labute approximate surface area is 183 Å². The number of hydrogen-bond donors (Lipinski definition) is 1. The van der Waals surface area contributed by atoms with Crippen LogP contribution >= 0.6 is 0 Å². The topological polar surface area (TPSA) is 100 Å². The number of carbonyl (C=O) groups excluding carboxylic acids is 1. The highest BCUT2D eigenvalue weighted by Crippen LogP contribution is 2.31. The Kier molecular flexibility index (Phi) is 5.12. The number of para-hydroxylation sites is 2. The first-order chi connectivity index (χ1) is 15.6. The van der Waals surface area contributed by atoms with E-state index in [1.807, 2.05) is 31.3 Å². The summed E-state index contributed by atoms with van der Waals surface area (Å²) in [5.41, 5.74) is 1.51. The summed E-state index contributed by atoms with van der Waals surface area (Å²) in [5.74, 6) is 2.40. The number of rotatable bonds is 5. The molecule has 3 heterocycles. The molecule has 0 saturated carbocycles. The van der Waals surface area contributed by atoms with Crippen molar-refractivity contribution in [3.63, 3.8) is 0 Å². The number of benzene rings is 2. The third-order valence-corrected chi connectivity index (χ3v) is 4.73. The van der Waals surface area contributed by atoms with E-state index in [1.165, 1.54) is 0 Å². The predicted octanol–water partition coefficient (Wildman–Crippen LogP) is 3.54. The SMILES string of the molecule is Cc1ccn(-c2ccc(Oc3ccc(NC(=O)C4COc5ccccc5O4)cc3)nn2)n1. The van der Waals surface area contributed by atoms with E-state index in [-0.39, 0.29) is 12.5 Å². The number of aromatic nitrogens is 4. The van der Waals surface area contributed by atoms with Gasteiger partial charge in [-0.1, -0.05) is 12.1 Å². The number of fused-ring (bicyclic) bond motifs is 1. The first kappa shape index (κ1) is 19.6. The van der Waals surface area contributed by atoms with Crippen LogP contribution in [0.25, 0.3) is 5.82 Å². The zero-order valence-corrected chi connectivity index (χ0v) is 17.1. The largest absolute Gasteiger partial charge is 0.485 e. The number of nitrogens with zero attached hydrogens (tertiary/aromatic N) is 4. The third kappa shape index (κ3) is 4.22. The molecule has 1 aliphatic heterocycles. The zero-order valence-electron chi connectivity index (χ0n) is 17.1. The van der Waals surface area contributed by atoms with Gasteiger partial charge in [-0.3, -0.25) is 4.79 Å². The van der Waals surface area contributed by atoms with E-state index in [1.54, 1.807) is 53.2 Å². The van der Waals surface area contributed by atoms with Crippen LogP contribution in [0.3, 0.4) is 0 Å². The Morgan fingerprint density at radius 3 is 2.56 bits per heavy atom. The lowest BCUT2D eigenvalue weighted by Crippen LogP contribution is -2.40. The second-order valence-electron chi connectivity index (χ2n) is 7.11. The molecule has 5 rings (SSSR count). The van der Waals surface area contributed by atoms with Crippen molar-refractivity contribution in [2.24, 2.45) is 0 Å². The van der Waals surface area contributed by atoms with Crippen LogP contribution in [0.5, 0.6) is 23.1 Å². The molecule has 0 radical (unpaired) electrons. The van der Waals surface area contributed by atoms with Crippen molar-refractivity contribution < 1.29 is 19.0 Å². The molecule has 2 aromatic heterocycles. The first-order valence-corrected chi connectivity index (χ1v) is 9.98. The van der Waals surface area contributed by atoms with Gasteiger partial charge in [0.2, 0.25) is 12.0 Å². The number of amides is 1. The van der Waals surface area contributed by atoms with Crippen molar-refractivity contribution in [2.45, 2.75) is 13.0 Å². The van der Waals surface area contributed by atoms with Gasteiger partial charge in [0.15, 0.2) is 17.3 Å². The van der Waals surface area contributed by atoms with Crippen molar-refractivity contribution in [2.75, 3.05) is 11.9 Å². The fourth-order valence-corrected chi connectivity index (χ4v) is 3.13. The quantitative estimate of drug-likeness (QED) is 0.518. The average molecular weight is 429 g/mol. The van der Waals surface area contributed by atoms with Gasteiger partial charge in [0.1, 0.15) is 12.4 Å². The van der Waals surface area contributed by atoms with Gasteiger partial charge in [-0.25, -0.2) is 4.68 Å². The van der Waals surface area contributed by atoms with Gasteiger partial charge in [0.25, 0.3) is 5.91 Å². The minimum atomic E-state index is -0.729. The van der Waals surface area contributed by atoms with Gasteiger partial charge in [-0.2, -0.15) is 5.10 Å². The second kappa shape index (κ2) is 8.38. The van der Waals surface area contributed by atoms with Crippen LogP contribution in [-0.2, 0) is 4.79 Å². The minimum absolute atomic E-state index is 0.150. The van der Waals surface area contributed by atoms with Crippen LogP contribution in [-0.4, -0.2) is 38.6 Å². The number of nitrogens with one attached hydrogen (secondary N) is 1. The Hall–Kier alpha value is -4.40. The Morgan fingerprint density at radius 1 is 1.03 bits per heavy atom. The van der Waals surface area contributed by atoms with Crippen molar-refractivity contribution in [3.05, 3.63) is 78.6 Å². The number of hydrogen-bond acceptors (Lipinski definition) is 7. The van der Waals surface area contributed by atoms with Crippen molar-refractivity contribution in [1.82, 2.24) is 20.0 Å². The molecule has 1 amide bonds. The molecule has 4 aromatic rings. The highest BCUT2D eigenvalue weighted by atomic mass is 16.6. The lowest BCUT2D eigenvalue weighted by Gasteiger charge is -2.25. The molecule has 2 aromatic carbocycles. The van der Waals surface area contributed by atoms with E-state index >= 15 is 0 Å². The molecule has 9 heteroatoms. The summed E-state index contributed by atoms with van der Waals surface area (Å²) >= 11 is 0. The molecular weight excluding hydrogens is 410 g/mol. The average Bonchev–Trinajstić information content (AvgIpc) is 3.27. The fraction of sp³-hybridized carbons (Fsp3) is 0.130. The van der Waals surface area contributed by atoms with Crippen LogP contribution in [0.2, 0.25) is 0 Å². The third-order valence-electron chi connectivity index (χ3n) is 4.73. The number of anilines is 1. The van der Waals surface area contributed by atoms with Gasteiger partial charge < -0.3 is 19.5 Å². The molecule has 0 saturated heterocycles.